The first-order chi connectivity index (χ1) is 9.78. The van der Waals surface area contributed by atoms with Gasteiger partial charge in [-0.3, -0.25) is 0 Å². The summed E-state index contributed by atoms with van der Waals surface area (Å²) in [6, 6.07) is 8.42. The third-order valence-corrected chi connectivity index (χ3v) is 3.57. The number of hydrogen-bond donors (Lipinski definition) is 1. The Morgan fingerprint density at radius 1 is 1.35 bits per heavy atom. The summed E-state index contributed by atoms with van der Waals surface area (Å²) in [5.74, 6) is 6.60. The smallest absolute Gasteiger partial charge is 0.0555 e. The van der Waals surface area contributed by atoms with E-state index in [1.54, 1.807) is 0 Å². The summed E-state index contributed by atoms with van der Waals surface area (Å²) in [4.78, 5) is 2.37. The predicted octanol–water partition coefficient (Wildman–Crippen LogP) is 1.86. The third kappa shape index (κ3) is 4.97. The SMILES string of the molecule is CN(Cc1ccc(C#CCN)cc1)CC1CCCOC1. The van der Waals surface area contributed by atoms with Crippen LogP contribution in [0.2, 0.25) is 0 Å². The zero-order valence-electron chi connectivity index (χ0n) is 12.3. The maximum Gasteiger partial charge on any atom is 0.0555 e. The largest absolute Gasteiger partial charge is 0.381 e. The lowest BCUT2D eigenvalue weighted by atomic mass is 10.0. The fraction of sp³-hybridized carbons (Fsp3) is 0.529. The highest BCUT2D eigenvalue weighted by Crippen LogP contribution is 2.15. The fourth-order valence-corrected chi connectivity index (χ4v) is 2.61. The Morgan fingerprint density at radius 3 is 2.80 bits per heavy atom. The minimum Gasteiger partial charge on any atom is -0.381 e. The van der Waals surface area contributed by atoms with Crippen LogP contribution >= 0.6 is 0 Å². The van der Waals surface area contributed by atoms with Gasteiger partial charge in [0.1, 0.15) is 0 Å². The molecule has 1 aliphatic rings. The molecular weight excluding hydrogens is 248 g/mol. The average Bonchev–Trinajstić information content (AvgIpc) is 2.47. The zero-order chi connectivity index (χ0) is 14.2. The normalized spacial score (nSPS) is 18.6. The molecule has 1 aliphatic heterocycles. The molecule has 3 heteroatoms. The highest BCUT2D eigenvalue weighted by molar-refractivity contribution is 5.36. The molecule has 0 saturated carbocycles. The van der Waals surface area contributed by atoms with Crippen LogP contribution in [0.1, 0.15) is 24.0 Å². The fourth-order valence-electron chi connectivity index (χ4n) is 2.61. The van der Waals surface area contributed by atoms with Gasteiger partial charge in [-0.25, -0.2) is 0 Å². The number of rotatable bonds is 4. The van der Waals surface area contributed by atoms with E-state index in [-0.39, 0.29) is 0 Å². The van der Waals surface area contributed by atoms with Crippen LogP contribution in [0.25, 0.3) is 0 Å². The van der Waals surface area contributed by atoms with Crippen molar-refractivity contribution in [1.29, 1.82) is 0 Å². The highest BCUT2D eigenvalue weighted by Gasteiger charge is 2.15. The number of benzene rings is 1. The predicted molar refractivity (Wildman–Crippen MR) is 82.3 cm³/mol. The van der Waals surface area contributed by atoms with Crippen LogP contribution in [0.15, 0.2) is 24.3 Å². The van der Waals surface area contributed by atoms with Crippen LogP contribution in [-0.2, 0) is 11.3 Å². The molecular formula is C17H24N2O. The van der Waals surface area contributed by atoms with E-state index in [1.807, 2.05) is 0 Å². The van der Waals surface area contributed by atoms with Gasteiger partial charge in [0.05, 0.1) is 13.2 Å². The highest BCUT2D eigenvalue weighted by atomic mass is 16.5. The second kappa shape index (κ2) is 8.06. The summed E-state index contributed by atoms with van der Waals surface area (Å²) < 4.78 is 5.53. The summed E-state index contributed by atoms with van der Waals surface area (Å²) in [5.41, 5.74) is 7.72. The Labute approximate surface area is 122 Å². The van der Waals surface area contributed by atoms with E-state index in [1.165, 1.54) is 18.4 Å². The van der Waals surface area contributed by atoms with Crippen molar-refractivity contribution in [2.45, 2.75) is 19.4 Å². The lowest BCUT2D eigenvalue weighted by Crippen LogP contribution is -2.30. The van der Waals surface area contributed by atoms with E-state index in [0.717, 1.165) is 31.9 Å². The second-order valence-electron chi connectivity index (χ2n) is 5.48. The summed E-state index contributed by atoms with van der Waals surface area (Å²) in [5, 5.41) is 0. The van der Waals surface area contributed by atoms with Gasteiger partial charge in [0.15, 0.2) is 0 Å². The van der Waals surface area contributed by atoms with Crippen molar-refractivity contribution >= 4 is 0 Å². The number of ether oxygens (including phenoxy) is 1. The van der Waals surface area contributed by atoms with Gasteiger partial charge in [0.25, 0.3) is 0 Å². The molecule has 0 bridgehead atoms. The van der Waals surface area contributed by atoms with E-state index in [9.17, 15) is 0 Å². The van der Waals surface area contributed by atoms with Gasteiger partial charge in [-0.1, -0.05) is 24.0 Å². The van der Waals surface area contributed by atoms with Crippen LogP contribution in [0.4, 0.5) is 0 Å². The van der Waals surface area contributed by atoms with Crippen molar-refractivity contribution in [3.8, 4) is 11.8 Å². The van der Waals surface area contributed by atoms with E-state index < -0.39 is 0 Å². The molecule has 1 unspecified atom stereocenters. The summed E-state index contributed by atoms with van der Waals surface area (Å²) in [6.45, 7) is 4.34. The molecule has 1 aromatic rings. The maximum absolute atomic E-state index is 5.53. The molecule has 1 atom stereocenters. The molecule has 20 heavy (non-hydrogen) atoms. The molecule has 0 aliphatic carbocycles. The van der Waals surface area contributed by atoms with Crippen molar-refractivity contribution < 1.29 is 4.74 Å². The van der Waals surface area contributed by atoms with E-state index in [4.69, 9.17) is 10.5 Å². The van der Waals surface area contributed by atoms with E-state index in [0.29, 0.717) is 12.5 Å². The summed E-state index contributed by atoms with van der Waals surface area (Å²) in [7, 11) is 2.18. The third-order valence-electron chi connectivity index (χ3n) is 3.57. The minimum absolute atomic E-state index is 0.411. The molecule has 1 saturated heterocycles. The Morgan fingerprint density at radius 2 is 2.15 bits per heavy atom. The molecule has 1 aromatic carbocycles. The summed E-state index contributed by atoms with van der Waals surface area (Å²) >= 11 is 0. The van der Waals surface area contributed by atoms with Gasteiger partial charge < -0.3 is 15.4 Å². The number of hydrogen-bond acceptors (Lipinski definition) is 3. The van der Waals surface area contributed by atoms with Crippen LogP contribution in [-0.4, -0.2) is 38.3 Å². The molecule has 0 amide bonds. The average molecular weight is 272 g/mol. The molecule has 0 aromatic heterocycles. The summed E-state index contributed by atoms with van der Waals surface area (Å²) in [6.07, 6.45) is 2.49. The molecule has 1 heterocycles. The molecule has 1 fully saturated rings. The zero-order valence-corrected chi connectivity index (χ0v) is 12.3. The molecule has 2 rings (SSSR count). The monoisotopic (exact) mass is 272 g/mol. The minimum atomic E-state index is 0.411. The Kier molecular flexibility index (Phi) is 6.07. The van der Waals surface area contributed by atoms with Gasteiger partial charge in [0.2, 0.25) is 0 Å². The topological polar surface area (TPSA) is 38.5 Å². The first-order valence-electron chi connectivity index (χ1n) is 7.32. The lowest BCUT2D eigenvalue weighted by molar-refractivity contribution is 0.0411. The molecule has 0 radical (unpaired) electrons. The second-order valence-corrected chi connectivity index (χ2v) is 5.48. The first kappa shape index (κ1) is 15.1. The van der Waals surface area contributed by atoms with Crippen molar-refractivity contribution in [3.63, 3.8) is 0 Å². The van der Waals surface area contributed by atoms with Crippen molar-refractivity contribution in [1.82, 2.24) is 4.90 Å². The van der Waals surface area contributed by atoms with Crippen molar-refractivity contribution in [2.75, 3.05) is 33.4 Å². The van der Waals surface area contributed by atoms with Crippen LogP contribution in [0.3, 0.4) is 0 Å². The van der Waals surface area contributed by atoms with Gasteiger partial charge in [-0.05, 0) is 43.5 Å². The van der Waals surface area contributed by atoms with E-state index >= 15 is 0 Å². The first-order valence-corrected chi connectivity index (χ1v) is 7.32. The van der Waals surface area contributed by atoms with Crippen molar-refractivity contribution in [2.24, 2.45) is 11.7 Å². The van der Waals surface area contributed by atoms with Gasteiger partial charge >= 0.3 is 0 Å². The Balaban J connectivity index is 1.82. The molecule has 3 nitrogen and oxygen atoms in total. The van der Waals surface area contributed by atoms with Crippen molar-refractivity contribution in [3.05, 3.63) is 35.4 Å². The quantitative estimate of drug-likeness (QED) is 0.850. The number of nitrogens with two attached hydrogens (primary N) is 1. The maximum atomic E-state index is 5.53. The molecule has 108 valence electrons. The van der Waals surface area contributed by atoms with Crippen LogP contribution < -0.4 is 5.73 Å². The van der Waals surface area contributed by atoms with Gasteiger partial charge in [-0.2, -0.15) is 0 Å². The molecule has 2 N–H and O–H groups in total. The van der Waals surface area contributed by atoms with Gasteiger partial charge in [0, 0.05) is 25.3 Å². The lowest BCUT2D eigenvalue weighted by Gasteiger charge is -2.27. The standard InChI is InChI=1S/C17H24N2O/c1-19(13-17-5-3-11-20-14-17)12-16-8-6-15(7-9-16)4-2-10-18/h6-9,17H,3,5,10-14,18H2,1H3. The van der Waals surface area contributed by atoms with Crippen LogP contribution in [0.5, 0.6) is 0 Å². The van der Waals surface area contributed by atoms with E-state index in [2.05, 4.69) is 48.1 Å². The van der Waals surface area contributed by atoms with Gasteiger partial charge in [-0.15, -0.1) is 0 Å². The molecule has 0 spiro atoms. The number of nitrogens with zero attached hydrogens (tertiary/aromatic N) is 1. The Bertz CT molecular complexity index is 452. The van der Waals surface area contributed by atoms with Crippen LogP contribution in [0, 0.1) is 17.8 Å². The Hall–Kier alpha value is -1.34.